The first kappa shape index (κ1) is 17.8. The molecule has 0 heterocycles. The molecule has 1 aromatic rings. The maximum absolute atomic E-state index is 10.9. The molecule has 0 aromatic heterocycles. The van der Waals surface area contributed by atoms with Crippen molar-refractivity contribution in [2.75, 3.05) is 13.2 Å². The second-order valence-corrected chi connectivity index (χ2v) is 4.86. The summed E-state index contributed by atoms with van der Waals surface area (Å²) in [5, 5.41) is 30.2. The molecule has 0 aliphatic heterocycles. The summed E-state index contributed by atoms with van der Waals surface area (Å²) in [4.78, 5) is 20.2. The quantitative estimate of drug-likeness (QED) is 0.381. The van der Waals surface area contributed by atoms with Crippen LogP contribution < -0.4 is 4.74 Å². The van der Waals surface area contributed by atoms with Crippen molar-refractivity contribution in [1.82, 2.24) is 0 Å². The number of hydrogen-bond donors (Lipinski definition) is 1. The summed E-state index contributed by atoms with van der Waals surface area (Å²) < 4.78 is 5.36. The van der Waals surface area contributed by atoms with Crippen molar-refractivity contribution in [3.63, 3.8) is 0 Å². The number of nitro benzene ring substituents is 2. The zero-order valence-electron chi connectivity index (χ0n) is 12.3. The van der Waals surface area contributed by atoms with Gasteiger partial charge in [0.05, 0.1) is 22.5 Å². The first-order valence-corrected chi connectivity index (χ1v) is 7.22. The van der Waals surface area contributed by atoms with Gasteiger partial charge in [0, 0.05) is 12.7 Å². The van der Waals surface area contributed by atoms with Crippen LogP contribution in [0.4, 0.5) is 11.4 Å². The molecule has 0 aliphatic rings. The van der Waals surface area contributed by atoms with Gasteiger partial charge in [0.15, 0.2) is 5.75 Å². The van der Waals surface area contributed by atoms with Crippen LogP contribution in [0.5, 0.6) is 5.75 Å². The monoisotopic (exact) mass is 312 g/mol. The molecule has 0 bridgehead atoms. The van der Waals surface area contributed by atoms with Gasteiger partial charge < -0.3 is 9.84 Å². The van der Waals surface area contributed by atoms with E-state index in [1.807, 2.05) is 0 Å². The molecule has 0 saturated heterocycles. The standard InChI is InChI=1S/C14H20N2O6/c17-9-5-3-1-2-4-6-10-22-14-8-7-12(15(18)19)11-13(14)16(20)21/h7-8,11,17H,1-6,9-10H2. The molecule has 0 atom stereocenters. The van der Waals surface area contributed by atoms with Crippen LogP contribution in [0, 0.1) is 20.2 Å². The number of benzene rings is 1. The van der Waals surface area contributed by atoms with E-state index in [0.29, 0.717) is 6.61 Å². The van der Waals surface area contributed by atoms with Crippen LogP contribution in [-0.2, 0) is 0 Å². The Kier molecular flexibility index (Phi) is 7.84. The van der Waals surface area contributed by atoms with E-state index in [9.17, 15) is 20.2 Å². The van der Waals surface area contributed by atoms with Crippen LogP contribution in [-0.4, -0.2) is 28.2 Å². The van der Waals surface area contributed by atoms with Gasteiger partial charge >= 0.3 is 5.69 Å². The van der Waals surface area contributed by atoms with Gasteiger partial charge in [-0.2, -0.15) is 0 Å². The molecular formula is C14H20N2O6. The van der Waals surface area contributed by atoms with E-state index >= 15 is 0 Å². The van der Waals surface area contributed by atoms with Gasteiger partial charge in [0.25, 0.3) is 5.69 Å². The lowest BCUT2D eigenvalue weighted by Crippen LogP contribution is -2.01. The molecule has 122 valence electrons. The highest BCUT2D eigenvalue weighted by atomic mass is 16.6. The minimum atomic E-state index is -0.683. The Morgan fingerprint density at radius 1 is 0.955 bits per heavy atom. The summed E-state index contributed by atoms with van der Waals surface area (Å²) in [6.07, 6.45) is 5.56. The van der Waals surface area contributed by atoms with Crippen LogP contribution in [0.2, 0.25) is 0 Å². The van der Waals surface area contributed by atoms with E-state index in [-0.39, 0.29) is 18.0 Å². The van der Waals surface area contributed by atoms with E-state index < -0.39 is 15.5 Å². The highest BCUT2D eigenvalue weighted by Gasteiger charge is 2.20. The van der Waals surface area contributed by atoms with Crippen LogP contribution in [0.1, 0.15) is 38.5 Å². The zero-order chi connectivity index (χ0) is 16.4. The molecule has 1 aromatic carbocycles. The maximum Gasteiger partial charge on any atom is 0.317 e. The molecule has 1 rings (SSSR count). The van der Waals surface area contributed by atoms with Crippen molar-refractivity contribution in [1.29, 1.82) is 0 Å². The lowest BCUT2D eigenvalue weighted by Gasteiger charge is -2.06. The fourth-order valence-corrected chi connectivity index (χ4v) is 1.99. The number of hydrogen-bond acceptors (Lipinski definition) is 6. The van der Waals surface area contributed by atoms with Gasteiger partial charge in [-0.3, -0.25) is 20.2 Å². The first-order valence-electron chi connectivity index (χ1n) is 7.22. The Balaban J connectivity index is 2.42. The molecule has 0 fully saturated rings. The van der Waals surface area contributed by atoms with E-state index in [2.05, 4.69) is 0 Å². The predicted molar refractivity (Wildman–Crippen MR) is 80.0 cm³/mol. The Hall–Kier alpha value is -2.22. The molecule has 8 heteroatoms. The van der Waals surface area contributed by atoms with Crippen LogP contribution in [0.25, 0.3) is 0 Å². The van der Waals surface area contributed by atoms with E-state index in [4.69, 9.17) is 9.84 Å². The van der Waals surface area contributed by atoms with Crippen molar-refractivity contribution in [3.05, 3.63) is 38.4 Å². The molecule has 1 N–H and O–H groups in total. The topological polar surface area (TPSA) is 116 Å². The summed E-state index contributed by atoms with van der Waals surface area (Å²) in [5.74, 6) is 0.0517. The third kappa shape index (κ3) is 6.04. The third-order valence-electron chi connectivity index (χ3n) is 3.16. The Bertz CT molecular complexity index is 506. The molecule has 8 nitrogen and oxygen atoms in total. The van der Waals surface area contributed by atoms with E-state index in [0.717, 1.165) is 44.6 Å². The summed E-state index contributed by atoms with van der Waals surface area (Å²) in [5.41, 5.74) is -0.722. The summed E-state index contributed by atoms with van der Waals surface area (Å²) in [6, 6.07) is 3.36. The number of rotatable bonds is 11. The van der Waals surface area contributed by atoms with Gasteiger partial charge in [-0.15, -0.1) is 0 Å². The number of non-ortho nitro benzene ring substituents is 1. The number of ether oxygens (including phenoxy) is 1. The van der Waals surface area contributed by atoms with Crippen LogP contribution in [0.3, 0.4) is 0 Å². The van der Waals surface area contributed by atoms with Gasteiger partial charge in [-0.1, -0.05) is 25.7 Å². The van der Waals surface area contributed by atoms with E-state index in [1.165, 1.54) is 12.1 Å². The number of aliphatic hydroxyl groups excluding tert-OH is 1. The largest absolute Gasteiger partial charge is 0.487 e. The Morgan fingerprint density at radius 2 is 1.59 bits per heavy atom. The lowest BCUT2D eigenvalue weighted by atomic mass is 10.1. The first-order chi connectivity index (χ1) is 10.6. The Morgan fingerprint density at radius 3 is 2.18 bits per heavy atom. The SMILES string of the molecule is O=[N+]([O-])c1ccc(OCCCCCCCCO)c([N+](=O)[O-])c1. The molecule has 0 unspecified atom stereocenters. The summed E-state index contributed by atoms with van der Waals surface area (Å²) in [7, 11) is 0. The maximum atomic E-state index is 10.9. The average molecular weight is 312 g/mol. The summed E-state index contributed by atoms with van der Waals surface area (Å²) in [6.45, 7) is 0.547. The molecular weight excluding hydrogens is 292 g/mol. The third-order valence-corrected chi connectivity index (χ3v) is 3.16. The van der Waals surface area contributed by atoms with Crippen molar-refractivity contribution in [3.8, 4) is 5.75 Å². The minimum absolute atomic E-state index is 0.0517. The number of nitrogens with zero attached hydrogens (tertiary/aromatic N) is 2. The van der Waals surface area contributed by atoms with Crippen molar-refractivity contribution in [2.45, 2.75) is 38.5 Å². The van der Waals surface area contributed by atoms with Crippen LogP contribution >= 0.6 is 0 Å². The fourth-order valence-electron chi connectivity index (χ4n) is 1.99. The van der Waals surface area contributed by atoms with Gasteiger partial charge in [-0.25, -0.2) is 0 Å². The van der Waals surface area contributed by atoms with Gasteiger partial charge in [0.2, 0.25) is 0 Å². The number of aliphatic hydroxyl groups is 1. The average Bonchev–Trinajstić information content (AvgIpc) is 2.49. The fraction of sp³-hybridized carbons (Fsp3) is 0.571. The molecule has 0 spiro atoms. The molecule has 0 amide bonds. The van der Waals surface area contributed by atoms with E-state index in [1.54, 1.807) is 0 Å². The van der Waals surface area contributed by atoms with Crippen molar-refractivity contribution in [2.24, 2.45) is 0 Å². The number of unbranched alkanes of at least 4 members (excludes halogenated alkanes) is 5. The molecule has 0 saturated carbocycles. The van der Waals surface area contributed by atoms with Crippen molar-refractivity contribution < 1.29 is 19.7 Å². The van der Waals surface area contributed by atoms with Crippen molar-refractivity contribution >= 4 is 11.4 Å². The highest BCUT2D eigenvalue weighted by Crippen LogP contribution is 2.31. The summed E-state index contributed by atoms with van der Waals surface area (Å²) >= 11 is 0. The lowest BCUT2D eigenvalue weighted by molar-refractivity contribution is -0.394. The second-order valence-electron chi connectivity index (χ2n) is 4.86. The van der Waals surface area contributed by atoms with Gasteiger partial charge in [0.1, 0.15) is 0 Å². The smallest absolute Gasteiger partial charge is 0.317 e. The minimum Gasteiger partial charge on any atom is -0.487 e. The second kappa shape index (κ2) is 9.67. The normalized spacial score (nSPS) is 10.4. The predicted octanol–water partition coefficient (Wildman–Crippen LogP) is 3.21. The molecule has 0 aliphatic carbocycles. The molecule has 0 radical (unpaired) electrons. The van der Waals surface area contributed by atoms with Crippen LogP contribution in [0.15, 0.2) is 18.2 Å². The molecule has 22 heavy (non-hydrogen) atoms. The highest BCUT2D eigenvalue weighted by molar-refractivity contribution is 5.53. The Labute approximate surface area is 128 Å². The number of nitro groups is 2. The van der Waals surface area contributed by atoms with Gasteiger partial charge in [-0.05, 0) is 18.9 Å². The zero-order valence-corrected chi connectivity index (χ0v) is 12.3.